The fourth-order valence-electron chi connectivity index (χ4n) is 3.37. The third kappa shape index (κ3) is 3.53. The summed E-state index contributed by atoms with van der Waals surface area (Å²) in [6.07, 6.45) is -3.93. The lowest BCUT2D eigenvalue weighted by molar-refractivity contribution is -0.179. The van der Waals surface area contributed by atoms with E-state index in [2.05, 4.69) is 14.9 Å². The Labute approximate surface area is 153 Å². The average Bonchev–Trinajstić information content (AvgIpc) is 3.24. The number of sulfonamides is 1. The van der Waals surface area contributed by atoms with Gasteiger partial charge in [-0.2, -0.15) is 13.2 Å². The molecule has 0 spiro atoms. The normalized spacial score (nSPS) is 19.4. The van der Waals surface area contributed by atoms with E-state index >= 15 is 0 Å². The first-order valence-corrected chi connectivity index (χ1v) is 9.95. The van der Waals surface area contributed by atoms with E-state index in [4.69, 9.17) is 4.74 Å². The van der Waals surface area contributed by atoms with Gasteiger partial charge in [-0.25, -0.2) is 13.1 Å². The minimum Gasteiger partial charge on any atom is -0.493 e. The number of aromatic nitrogens is 3. The molecule has 1 aromatic heterocycles. The first-order valence-electron chi connectivity index (χ1n) is 8.47. The van der Waals surface area contributed by atoms with Gasteiger partial charge in [0.1, 0.15) is 17.4 Å². The van der Waals surface area contributed by atoms with Crippen LogP contribution in [0, 0.1) is 5.92 Å². The highest BCUT2D eigenvalue weighted by Gasteiger charge is 2.42. The van der Waals surface area contributed by atoms with E-state index in [1.54, 1.807) is 16.7 Å². The Kier molecular flexibility index (Phi) is 4.38. The van der Waals surface area contributed by atoms with Crippen molar-refractivity contribution in [3.05, 3.63) is 35.4 Å². The van der Waals surface area contributed by atoms with E-state index in [1.165, 1.54) is 6.07 Å². The quantitative estimate of drug-likeness (QED) is 0.843. The van der Waals surface area contributed by atoms with E-state index in [0.29, 0.717) is 24.6 Å². The molecule has 2 aliphatic rings. The van der Waals surface area contributed by atoms with Gasteiger partial charge in [0.15, 0.2) is 0 Å². The van der Waals surface area contributed by atoms with Crippen molar-refractivity contribution < 1.29 is 26.3 Å². The molecular weight excluding hydrogens is 385 g/mol. The van der Waals surface area contributed by atoms with Crippen molar-refractivity contribution >= 4 is 10.0 Å². The van der Waals surface area contributed by atoms with Gasteiger partial charge < -0.3 is 9.30 Å². The highest BCUT2D eigenvalue weighted by molar-refractivity contribution is 7.89. The van der Waals surface area contributed by atoms with Gasteiger partial charge in [-0.15, -0.1) is 10.2 Å². The minimum atomic E-state index is -4.27. The fraction of sp³-hybridized carbons (Fsp3) is 0.500. The van der Waals surface area contributed by atoms with E-state index in [1.807, 2.05) is 0 Å². The molecule has 0 unspecified atom stereocenters. The van der Waals surface area contributed by atoms with E-state index in [9.17, 15) is 21.6 Å². The predicted molar refractivity (Wildman–Crippen MR) is 87.6 cm³/mol. The van der Waals surface area contributed by atoms with Crippen LogP contribution in [-0.2, 0) is 36.0 Å². The monoisotopic (exact) mass is 402 g/mol. The molecular formula is C16H17F3N4O3S. The number of ether oxygens (including phenoxy) is 1. The molecule has 0 saturated carbocycles. The summed E-state index contributed by atoms with van der Waals surface area (Å²) < 4.78 is 73.0. The Bertz CT molecular complexity index is 972. The van der Waals surface area contributed by atoms with Crippen molar-refractivity contribution in [1.29, 1.82) is 0 Å². The van der Waals surface area contributed by atoms with Crippen LogP contribution in [0.2, 0.25) is 0 Å². The second-order valence-electron chi connectivity index (χ2n) is 6.61. The van der Waals surface area contributed by atoms with Crippen molar-refractivity contribution in [2.75, 3.05) is 6.61 Å². The van der Waals surface area contributed by atoms with Gasteiger partial charge in [0, 0.05) is 19.4 Å². The lowest BCUT2D eigenvalue weighted by Gasteiger charge is -2.25. The zero-order valence-corrected chi connectivity index (χ0v) is 15.0. The summed E-state index contributed by atoms with van der Waals surface area (Å²) in [5.74, 6) is -0.224. The summed E-state index contributed by atoms with van der Waals surface area (Å²) in [5.41, 5.74) is 0.830. The first kappa shape index (κ1) is 18.2. The van der Waals surface area contributed by atoms with Crippen LogP contribution in [0.15, 0.2) is 23.1 Å². The zero-order chi connectivity index (χ0) is 19.2. The van der Waals surface area contributed by atoms with Gasteiger partial charge in [-0.1, -0.05) is 0 Å². The second kappa shape index (κ2) is 6.48. The van der Waals surface area contributed by atoms with Crippen LogP contribution in [0.5, 0.6) is 5.75 Å². The molecule has 0 saturated heterocycles. The summed E-state index contributed by atoms with van der Waals surface area (Å²) in [7, 11) is -3.79. The Balaban J connectivity index is 1.47. The highest BCUT2D eigenvalue weighted by Crippen LogP contribution is 2.34. The topological polar surface area (TPSA) is 86.1 Å². The second-order valence-corrected chi connectivity index (χ2v) is 8.37. The smallest absolute Gasteiger partial charge is 0.392 e. The van der Waals surface area contributed by atoms with E-state index in [-0.39, 0.29) is 36.7 Å². The molecule has 2 aliphatic heterocycles. The van der Waals surface area contributed by atoms with Crippen LogP contribution in [0.25, 0.3) is 0 Å². The van der Waals surface area contributed by atoms with Crippen molar-refractivity contribution in [2.24, 2.45) is 5.92 Å². The van der Waals surface area contributed by atoms with Crippen molar-refractivity contribution in [3.63, 3.8) is 0 Å². The van der Waals surface area contributed by atoms with E-state index < -0.39 is 22.1 Å². The summed E-state index contributed by atoms with van der Waals surface area (Å²) in [5, 5.41) is 7.67. The van der Waals surface area contributed by atoms with Crippen molar-refractivity contribution in [2.45, 2.75) is 43.4 Å². The molecule has 0 amide bonds. The van der Waals surface area contributed by atoms with Gasteiger partial charge in [0.05, 0.1) is 24.0 Å². The average molecular weight is 402 g/mol. The van der Waals surface area contributed by atoms with Gasteiger partial charge in [-0.05, 0) is 30.2 Å². The number of nitrogens with zero attached hydrogens (tertiary/aromatic N) is 3. The van der Waals surface area contributed by atoms with Crippen LogP contribution >= 0.6 is 0 Å². The largest absolute Gasteiger partial charge is 0.493 e. The van der Waals surface area contributed by atoms with Crippen molar-refractivity contribution in [1.82, 2.24) is 19.5 Å². The molecule has 0 bridgehead atoms. The lowest BCUT2D eigenvalue weighted by Crippen LogP contribution is -2.32. The SMILES string of the molecule is O=S(=O)(NCc1nnc2n1CC[C@@H](C(F)(F)F)C2)c1ccc2c(c1)CCO2. The summed E-state index contributed by atoms with van der Waals surface area (Å²) in [6, 6.07) is 4.64. The Morgan fingerprint density at radius 2 is 2.11 bits per heavy atom. The predicted octanol–water partition coefficient (Wildman–Crippen LogP) is 1.82. The molecule has 2 aromatic rings. The number of halogens is 3. The number of benzene rings is 1. The van der Waals surface area contributed by atoms with E-state index in [0.717, 1.165) is 5.56 Å². The minimum absolute atomic E-state index is 0.0703. The molecule has 4 rings (SSSR count). The molecule has 1 atom stereocenters. The number of rotatable bonds is 4. The third-order valence-corrected chi connectivity index (χ3v) is 6.29. The molecule has 3 heterocycles. The fourth-order valence-corrected chi connectivity index (χ4v) is 4.40. The van der Waals surface area contributed by atoms with Gasteiger partial charge >= 0.3 is 6.18 Å². The lowest BCUT2D eigenvalue weighted by atomic mass is 9.97. The maximum atomic E-state index is 12.9. The highest BCUT2D eigenvalue weighted by atomic mass is 32.2. The zero-order valence-electron chi connectivity index (χ0n) is 14.2. The van der Waals surface area contributed by atoms with Crippen LogP contribution in [0.4, 0.5) is 13.2 Å². The number of fused-ring (bicyclic) bond motifs is 2. The summed E-state index contributed by atoms with van der Waals surface area (Å²) in [6.45, 7) is 0.496. The van der Waals surface area contributed by atoms with Gasteiger partial charge in [-0.3, -0.25) is 0 Å². The molecule has 11 heteroatoms. The summed E-state index contributed by atoms with van der Waals surface area (Å²) >= 11 is 0. The number of nitrogens with one attached hydrogen (secondary N) is 1. The number of hydrogen-bond donors (Lipinski definition) is 1. The molecule has 1 aromatic carbocycles. The molecule has 0 radical (unpaired) electrons. The maximum absolute atomic E-state index is 12.9. The molecule has 146 valence electrons. The molecule has 0 aliphatic carbocycles. The van der Waals surface area contributed by atoms with Crippen molar-refractivity contribution in [3.8, 4) is 5.75 Å². The Morgan fingerprint density at radius 1 is 1.30 bits per heavy atom. The number of hydrogen-bond acceptors (Lipinski definition) is 5. The van der Waals surface area contributed by atoms with Gasteiger partial charge in [0.2, 0.25) is 10.0 Å². The third-order valence-electron chi connectivity index (χ3n) is 4.89. The molecule has 27 heavy (non-hydrogen) atoms. The standard InChI is InChI=1S/C16H17F3N4O3S/c17-16(18,19)11-3-5-23-14(8-11)21-22-15(23)9-20-27(24,25)12-1-2-13-10(7-12)4-6-26-13/h1-2,7,11,20H,3-6,8-9H2/t11-/m1/s1. The molecule has 7 nitrogen and oxygen atoms in total. The Hall–Kier alpha value is -2.14. The van der Waals surface area contributed by atoms with Crippen LogP contribution in [0.3, 0.4) is 0 Å². The number of alkyl halides is 3. The summed E-state index contributed by atoms with van der Waals surface area (Å²) in [4.78, 5) is 0.113. The maximum Gasteiger partial charge on any atom is 0.392 e. The first-order chi connectivity index (χ1) is 12.7. The molecule has 0 fully saturated rings. The van der Waals surface area contributed by atoms with Crippen LogP contribution < -0.4 is 9.46 Å². The van der Waals surface area contributed by atoms with Gasteiger partial charge in [0.25, 0.3) is 0 Å². The Morgan fingerprint density at radius 3 is 2.89 bits per heavy atom. The van der Waals surface area contributed by atoms with Crippen LogP contribution in [-0.4, -0.2) is 36.0 Å². The van der Waals surface area contributed by atoms with Crippen LogP contribution in [0.1, 0.15) is 23.6 Å². The molecule has 1 N–H and O–H groups in total.